The summed E-state index contributed by atoms with van der Waals surface area (Å²) in [6, 6.07) is 0. The van der Waals surface area contributed by atoms with Gasteiger partial charge < -0.3 is 4.74 Å². The smallest absolute Gasteiger partial charge is 0.302 e. The van der Waals surface area contributed by atoms with Crippen LogP contribution in [0.1, 0.15) is 86.5 Å². The van der Waals surface area contributed by atoms with E-state index in [1.165, 1.54) is 31.8 Å². The summed E-state index contributed by atoms with van der Waals surface area (Å²) in [5.41, 5.74) is 1.74. The Morgan fingerprint density at radius 1 is 1.07 bits per heavy atom. The number of ketones is 1. The second-order valence-electron chi connectivity index (χ2n) is 11.1. The highest BCUT2D eigenvalue weighted by molar-refractivity contribution is 5.83. The lowest BCUT2D eigenvalue weighted by Gasteiger charge is -2.59. The van der Waals surface area contributed by atoms with Crippen LogP contribution in [0.3, 0.4) is 0 Å². The maximum atomic E-state index is 12.8. The van der Waals surface area contributed by atoms with E-state index in [2.05, 4.69) is 33.8 Å². The monoisotopic (exact) mass is 386 g/mol. The maximum absolute atomic E-state index is 12.8. The molecule has 0 aliphatic heterocycles. The van der Waals surface area contributed by atoms with Crippen LogP contribution >= 0.6 is 0 Å². The van der Waals surface area contributed by atoms with Crippen LogP contribution < -0.4 is 0 Å². The van der Waals surface area contributed by atoms with Crippen molar-refractivity contribution in [2.75, 3.05) is 0 Å². The fraction of sp³-hybridized carbons (Fsp3) is 0.840. The van der Waals surface area contributed by atoms with E-state index in [0.717, 1.165) is 25.7 Å². The van der Waals surface area contributed by atoms with Gasteiger partial charge in [0.15, 0.2) is 0 Å². The van der Waals surface area contributed by atoms with Gasteiger partial charge in [-0.25, -0.2) is 0 Å². The zero-order valence-corrected chi connectivity index (χ0v) is 18.6. The molecule has 0 radical (unpaired) electrons. The molecule has 8 atom stereocenters. The van der Waals surface area contributed by atoms with Gasteiger partial charge in [-0.1, -0.05) is 39.3 Å². The Morgan fingerprint density at radius 3 is 2.43 bits per heavy atom. The van der Waals surface area contributed by atoms with Gasteiger partial charge in [0.1, 0.15) is 11.9 Å². The van der Waals surface area contributed by atoms with E-state index in [0.29, 0.717) is 29.5 Å². The Morgan fingerprint density at radius 2 is 1.79 bits per heavy atom. The molecule has 4 aliphatic carbocycles. The van der Waals surface area contributed by atoms with Crippen LogP contribution in [-0.4, -0.2) is 17.9 Å². The number of carbonyl (C=O) groups excluding carboxylic acids is 2. The van der Waals surface area contributed by atoms with Crippen molar-refractivity contribution in [3.63, 3.8) is 0 Å². The largest absolute Gasteiger partial charge is 0.462 e. The Kier molecular flexibility index (Phi) is 4.64. The Balaban J connectivity index is 1.64. The first-order valence-electron chi connectivity index (χ1n) is 11.4. The third kappa shape index (κ3) is 2.53. The van der Waals surface area contributed by atoms with E-state index in [1.54, 1.807) is 0 Å². The summed E-state index contributed by atoms with van der Waals surface area (Å²) in [5, 5.41) is 0. The van der Waals surface area contributed by atoms with Gasteiger partial charge in [0.25, 0.3) is 0 Å². The third-order valence-corrected chi connectivity index (χ3v) is 10.3. The summed E-state index contributed by atoms with van der Waals surface area (Å²) >= 11 is 0. The predicted molar refractivity (Wildman–Crippen MR) is 111 cm³/mol. The van der Waals surface area contributed by atoms with E-state index in [-0.39, 0.29) is 28.3 Å². The molecule has 0 bridgehead atoms. The number of hydrogen-bond donors (Lipinski definition) is 0. The minimum absolute atomic E-state index is 0.0646. The normalized spacial score (nSPS) is 50.1. The van der Waals surface area contributed by atoms with Crippen LogP contribution in [-0.2, 0) is 14.3 Å². The molecule has 0 spiro atoms. The molecule has 3 nitrogen and oxygen atoms in total. The SMILES string of the molecule is CC(=O)OC1CC[C@@]2(C)C(=CC[C@@H]3C2CC[C@@]2(C)C3C[C@@H](C)[C@]2(C)C(C)=O)C1. The Bertz CT molecular complexity index is 723. The van der Waals surface area contributed by atoms with Gasteiger partial charge >= 0.3 is 5.97 Å². The molecule has 3 unspecified atom stereocenters. The quantitative estimate of drug-likeness (QED) is 0.450. The van der Waals surface area contributed by atoms with Crippen molar-refractivity contribution in [3.8, 4) is 0 Å². The second kappa shape index (κ2) is 6.44. The van der Waals surface area contributed by atoms with Crippen LogP contribution in [0.4, 0.5) is 0 Å². The molecule has 0 aromatic heterocycles. The van der Waals surface area contributed by atoms with Gasteiger partial charge in [-0.05, 0) is 80.0 Å². The van der Waals surface area contributed by atoms with E-state index in [9.17, 15) is 9.59 Å². The molecular formula is C25H38O3. The van der Waals surface area contributed by atoms with E-state index in [1.807, 2.05) is 6.92 Å². The highest BCUT2D eigenvalue weighted by Gasteiger charge is 2.66. The number of ether oxygens (including phenoxy) is 1. The number of carbonyl (C=O) groups is 2. The standard InChI is InChI=1S/C25H38O3/c1-15-13-22-20-8-7-18-14-19(28-17(3)27)9-11-23(18,4)21(20)10-12-24(22,5)25(15,6)16(2)26/h7,15,19-22H,8-14H2,1-6H3/t15-,19?,20-,21?,22?,23+,24+,25-/m1/s1. The Hall–Kier alpha value is -1.12. The van der Waals surface area contributed by atoms with Crippen LogP contribution in [0.2, 0.25) is 0 Å². The topological polar surface area (TPSA) is 43.4 Å². The van der Waals surface area contributed by atoms with Gasteiger partial charge in [0.2, 0.25) is 0 Å². The van der Waals surface area contributed by atoms with Crippen molar-refractivity contribution >= 4 is 11.8 Å². The molecule has 0 saturated heterocycles. The predicted octanol–water partition coefficient (Wildman–Crippen LogP) is 5.72. The van der Waals surface area contributed by atoms with Crippen molar-refractivity contribution < 1.29 is 14.3 Å². The molecule has 3 saturated carbocycles. The number of allylic oxidation sites excluding steroid dienone is 1. The lowest BCUT2D eigenvalue weighted by molar-refractivity contribution is -0.150. The van der Waals surface area contributed by atoms with Crippen molar-refractivity contribution in [3.05, 3.63) is 11.6 Å². The molecule has 28 heavy (non-hydrogen) atoms. The first-order chi connectivity index (χ1) is 13.0. The molecule has 0 heterocycles. The summed E-state index contributed by atoms with van der Waals surface area (Å²) in [6.07, 6.45) is 10.3. The first kappa shape index (κ1) is 20.2. The average Bonchev–Trinajstić information content (AvgIpc) is 2.83. The summed E-state index contributed by atoms with van der Waals surface area (Å²) in [6.45, 7) is 12.8. The van der Waals surface area contributed by atoms with Crippen LogP contribution in [0.25, 0.3) is 0 Å². The third-order valence-electron chi connectivity index (χ3n) is 10.3. The second-order valence-corrected chi connectivity index (χ2v) is 11.1. The zero-order valence-electron chi connectivity index (χ0n) is 18.6. The molecule has 0 N–H and O–H groups in total. The summed E-state index contributed by atoms with van der Waals surface area (Å²) < 4.78 is 5.56. The van der Waals surface area contributed by atoms with Gasteiger partial charge in [-0.2, -0.15) is 0 Å². The maximum Gasteiger partial charge on any atom is 0.302 e. The van der Waals surface area contributed by atoms with Crippen molar-refractivity contribution in [1.82, 2.24) is 0 Å². The molecule has 4 aliphatic rings. The summed E-state index contributed by atoms with van der Waals surface area (Å²) in [5.74, 6) is 2.77. The van der Waals surface area contributed by atoms with Gasteiger partial charge in [-0.15, -0.1) is 0 Å². The summed E-state index contributed by atoms with van der Waals surface area (Å²) in [7, 11) is 0. The first-order valence-corrected chi connectivity index (χ1v) is 11.4. The molecule has 0 aromatic carbocycles. The van der Waals surface area contributed by atoms with Gasteiger partial charge in [-0.3, -0.25) is 9.59 Å². The van der Waals surface area contributed by atoms with Crippen LogP contribution in [0.5, 0.6) is 0 Å². The van der Waals surface area contributed by atoms with Crippen molar-refractivity contribution in [2.24, 2.45) is 39.9 Å². The molecule has 3 heteroatoms. The van der Waals surface area contributed by atoms with E-state index in [4.69, 9.17) is 4.74 Å². The minimum Gasteiger partial charge on any atom is -0.462 e. The molecule has 4 rings (SSSR count). The minimum atomic E-state index is -0.180. The number of esters is 1. The van der Waals surface area contributed by atoms with E-state index < -0.39 is 0 Å². The zero-order chi connectivity index (χ0) is 20.5. The fourth-order valence-corrected chi connectivity index (χ4v) is 8.29. The number of Topliss-reactive ketones (excluding diaryl/α,β-unsaturated/α-hetero) is 1. The molecular weight excluding hydrogens is 348 g/mol. The molecule has 0 aromatic rings. The number of hydrogen-bond acceptors (Lipinski definition) is 3. The van der Waals surface area contributed by atoms with Crippen LogP contribution in [0, 0.1) is 39.9 Å². The lowest BCUT2D eigenvalue weighted by Crippen LogP contribution is -2.53. The number of fused-ring (bicyclic) bond motifs is 5. The highest BCUT2D eigenvalue weighted by atomic mass is 16.5. The molecule has 0 amide bonds. The van der Waals surface area contributed by atoms with Crippen molar-refractivity contribution in [1.29, 1.82) is 0 Å². The highest BCUT2D eigenvalue weighted by Crippen LogP contribution is 2.71. The summed E-state index contributed by atoms with van der Waals surface area (Å²) in [4.78, 5) is 24.2. The van der Waals surface area contributed by atoms with Gasteiger partial charge in [0.05, 0.1) is 0 Å². The fourth-order valence-electron chi connectivity index (χ4n) is 8.29. The molecule has 156 valence electrons. The Labute approximate surface area is 170 Å². The average molecular weight is 387 g/mol. The molecule has 3 fully saturated rings. The van der Waals surface area contributed by atoms with Gasteiger partial charge in [0, 0.05) is 18.8 Å². The lowest BCUT2D eigenvalue weighted by atomic mass is 9.45. The number of rotatable bonds is 2. The van der Waals surface area contributed by atoms with Crippen LogP contribution in [0.15, 0.2) is 11.6 Å². The van der Waals surface area contributed by atoms with Crippen molar-refractivity contribution in [2.45, 2.75) is 92.6 Å². The van der Waals surface area contributed by atoms with E-state index >= 15 is 0 Å².